The van der Waals surface area contributed by atoms with Crippen molar-refractivity contribution < 1.29 is 4.79 Å². The van der Waals surface area contributed by atoms with Gasteiger partial charge in [-0.3, -0.25) is 9.36 Å². The second kappa shape index (κ2) is 5.97. The van der Waals surface area contributed by atoms with Crippen LogP contribution in [0.1, 0.15) is 35.2 Å². The Morgan fingerprint density at radius 2 is 2.08 bits per heavy atom. The summed E-state index contributed by atoms with van der Waals surface area (Å²) >= 11 is 5.99. The van der Waals surface area contributed by atoms with Crippen molar-refractivity contribution in [2.45, 2.75) is 18.8 Å². The lowest BCUT2D eigenvalue weighted by atomic mass is 10.3. The molecule has 1 aliphatic rings. The van der Waals surface area contributed by atoms with E-state index in [4.69, 9.17) is 11.6 Å². The third kappa shape index (κ3) is 2.83. The summed E-state index contributed by atoms with van der Waals surface area (Å²) in [7, 11) is 0. The maximum atomic E-state index is 12.6. The van der Waals surface area contributed by atoms with Gasteiger partial charge in [-0.25, -0.2) is 4.98 Å². The van der Waals surface area contributed by atoms with Gasteiger partial charge >= 0.3 is 0 Å². The first-order chi connectivity index (χ1) is 11.7. The molecule has 3 heterocycles. The lowest BCUT2D eigenvalue weighted by Gasteiger charge is -2.09. The lowest BCUT2D eigenvalue weighted by molar-refractivity contribution is 0.101. The number of pyridine rings is 1. The zero-order valence-electron chi connectivity index (χ0n) is 12.4. The Bertz CT molecular complexity index is 892. The van der Waals surface area contributed by atoms with Crippen molar-refractivity contribution in [3.8, 4) is 5.82 Å². The number of carbonyl (C=O) groups excluding carboxylic acids is 1. The molecular weight excluding hydrogens is 330 g/mol. The maximum Gasteiger partial charge on any atom is 0.294 e. The van der Waals surface area contributed by atoms with Gasteiger partial charge in [0.15, 0.2) is 0 Å². The highest BCUT2D eigenvalue weighted by Crippen LogP contribution is 2.40. The van der Waals surface area contributed by atoms with E-state index in [-0.39, 0.29) is 5.82 Å². The molecule has 1 saturated carbocycles. The van der Waals surface area contributed by atoms with Crippen LogP contribution in [-0.4, -0.2) is 35.9 Å². The summed E-state index contributed by atoms with van der Waals surface area (Å²) in [6.07, 6.45) is 5.00. The minimum absolute atomic E-state index is 0.156. The molecule has 1 N–H and O–H groups in total. The molecule has 9 heteroatoms. The molecule has 0 saturated heterocycles. The molecule has 24 heavy (non-hydrogen) atoms. The van der Waals surface area contributed by atoms with Gasteiger partial charge in [0.25, 0.3) is 5.91 Å². The van der Waals surface area contributed by atoms with Gasteiger partial charge in [0.2, 0.25) is 5.82 Å². The highest BCUT2D eigenvalue weighted by molar-refractivity contribution is 6.29. The average molecular weight is 342 g/mol. The van der Waals surface area contributed by atoms with Gasteiger partial charge < -0.3 is 5.32 Å². The molecule has 0 aromatic carbocycles. The van der Waals surface area contributed by atoms with E-state index in [0.717, 1.165) is 18.7 Å². The molecule has 0 atom stereocenters. The van der Waals surface area contributed by atoms with Gasteiger partial charge in [-0.2, -0.15) is 10.2 Å². The van der Waals surface area contributed by atoms with Gasteiger partial charge in [-0.05, 0) is 31.0 Å². The first kappa shape index (κ1) is 14.7. The van der Waals surface area contributed by atoms with Crippen LogP contribution in [0.3, 0.4) is 0 Å². The zero-order valence-corrected chi connectivity index (χ0v) is 13.2. The topological polar surface area (TPSA) is 98.5 Å². The average Bonchev–Trinajstić information content (AvgIpc) is 3.34. The number of hydrogen-bond acceptors (Lipinski definition) is 6. The van der Waals surface area contributed by atoms with Crippen LogP contribution in [0.15, 0.2) is 36.7 Å². The van der Waals surface area contributed by atoms with Crippen LogP contribution < -0.4 is 5.32 Å². The number of rotatable bonds is 4. The summed E-state index contributed by atoms with van der Waals surface area (Å²) in [6, 6.07) is 6.86. The van der Waals surface area contributed by atoms with Gasteiger partial charge in [-0.1, -0.05) is 17.7 Å². The highest BCUT2D eigenvalue weighted by atomic mass is 35.5. The monoisotopic (exact) mass is 341 g/mol. The van der Waals surface area contributed by atoms with Crippen molar-refractivity contribution in [2.75, 3.05) is 5.32 Å². The predicted molar refractivity (Wildman–Crippen MR) is 86.1 cm³/mol. The SMILES string of the molecule is O=C(Nc1ccnnc1)c1nnc(C2CC2)n1-c1cccc(Cl)n1. The number of amides is 1. The largest absolute Gasteiger partial charge is 0.318 e. The smallest absolute Gasteiger partial charge is 0.294 e. The van der Waals surface area contributed by atoms with E-state index in [1.807, 2.05) is 0 Å². The van der Waals surface area contributed by atoms with E-state index in [9.17, 15) is 4.79 Å². The number of anilines is 1. The Labute approximate surface area is 141 Å². The minimum atomic E-state index is -0.399. The van der Waals surface area contributed by atoms with Gasteiger partial charge in [0.1, 0.15) is 16.8 Å². The Kier molecular flexibility index (Phi) is 3.66. The number of carbonyl (C=O) groups is 1. The van der Waals surface area contributed by atoms with Crippen LogP contribution in [0, 0.1) is 0 Å². The molecule has 3 aromatic heterocycles. The minimum Gasteiger partial charge on any atom is -0.318 e. The third-order valence-electron chi connectivity index (χ3n) is 3.61. The van der Waals surface area contributed by atoms with Crippen LogP contribution in [0.25, 0.3) is 5.82 Å². The fourth-order valence-corrected chi connectivity index (χ4v) is 2.51. The second-order valence-corrected chi connectivity index (χ2v) is 5.78. The first-order valence-electron chi connectivity index (χ1n) is 7.38. The molecule has 1 amide bonds. The second-order valence-electron chi connectivity index (χ2n) is 5.40. The quantitative estimate of drug-likeness (QED) is 0.731. The van der Waals surface area contributed by atoms with Crippen LogP contribution >= 0.6 is 11.6 Å². The van der Waals surface area contributed by atoms with Crippen molar-refractivity contribution >= 4 is 23.2 Å². The fourth-order valence-electron chi connectivity index (χ4n) is 2.35. The Balaban J connectivity index is 1.74. The first-order valence-corrected chi connectivity index (χ1v) is 7.76. The molecule has 0 spiro atoms. The lowest BCUT2D eigenvalue weighted by Crippen LogP contribution is -2.19. The molecule has 0 radical (unpaired) electrons. The summed E-state index contributed by atoms with van der Waals surface area (Å²) in [5.41, 5.74) is 0.525. The molecule has 1 aliphatic carbocycles. The molecule has 0 aliphatic heterocycles. The molecule has 1 fully saturated rings. The molecule has 0 bridgehead atoms. The van der Waals surface area contributed by atoms with E-state index in [0.29, 0.717) is 22.6 Å². The van der Waals surface area contributed by atoms with E-state index in [2.05, 4.69) is 30.7 Å². The normalized spacial score (nSPS) is 13.7. The molecule has 4 rings (SSSR count). The van der Waals surface area contributed by atoms with Gasteiger partial charge in [0, 0.05) is 5.92 Å². The van der Waals surface area contributed by atoms with Crippen LogP contribution in [0.5, 0.6) is 0 Å². The summed E-state index contributed by atoms with van der Waals surface area (Å²) < 4.78 is 1.66. The van der Waals surface area contributed by atoms with Crippen molar-refractivity contribution in [1.29, 1.82) is 0 Å². The Hall–Kier alpha value is -2.87. The predicted octanol–water partition coefficient (Wildman–Crippen LogP) is 2.24. The van der Waals surface area contributed by atoms with Crippen LogP contribution in [-0.2, 0) is 0 Å². The van der Waals surface area contributed by atoms with Crippen LogP contribution in [0.4, 0.5) is 5.69 Å². The summed E-state index contributed by atoms with van der Waals surface area (Å²) in [6.45, 7) is 0. The molecule has 8 nitrogen and oxygen atoms in total. The van der Waals surface area contributed by atoms with Gasteiger partial charge in [-0.15, -0.1) is 10.2 Å². The number of aromatic nitrogens is 6. The summed E-state index contributed by atoms with van der Waals surface area (Å²) in [4.78, 5) is 16.9. The number of nitrogens with one attached hydrogen (secondary N) is 1. The Morgan fingerprint density at radius 3 is 2.79 bits per heavy atom. The van der Waals surface area contributed by atoms with Crippen molar-refractivity contribution in [1.82, 2.24) is 29.9 Å². The highest BCUT2D eigenvalue weighted by Gasteiger charge is 2.32. The Morgan fingerprint density at radius 1 is 1.21 bits per heavy atom. The molecule has 0 unspecified atom stereocenters. The van der Waals surface area contributed by atoms with Crippen molar-refractivity contribution in [3.05, 3.63) is 53.5 Å². The summed E-state index contributed by atoms with van der Waals surface area (Å²) in [5, 5.41) is 18.7. The van der Waals surface area contributed by atoms with E-state index >= 15 is 0 Å². The van der Waals surface area contributed by atoms with Crippen molar-refractivity contribution in [2.24, 2.45) is 0 Å². The zero-order chi connectivity index (χ0) is 16.5. The molecular formula is C15H12ClN7O. The van der Waals surface area contributed by atoms with E-state index in [1.165, 1.54) is 12.4 Å². The molecule has 3 aromatic rings. The van der Waals surface area contributed by atoms with Crippen molar-refractivity contribution in [3.63, 3.8) is 0 Å². The fraction of sp³-hybridized carbons (Fsp3) is 0.200. The number of hydrogen-bond donors (Lipinski definition) is 1. The number of nitrogens with zero attached hydrogens (tertiary/aromatic N) is 6. The van der Waals surface area contributed by atoms with E-state index < -0.39 is 5.91 Å². The summed E-state index contributed by atoms with van der Waals surface area (Å²) in [5.74, 6) is 1.30. The third-order valence-corrected chi connectivity index (χ3v) is 3.82. The maximum absolute atomic E-state index is 12.6. The standard InChI is InChI=1S/C15H12ClN7O/c16-11-2-1-3-12(20-11)23-13(9-4-5-9)21-22-14(23)15(24)19-10-6-7-17-18-8-10/h1-3,6-9H,4-5H2,(H,17,19,24). The van der Waals surface area contributed by atoms with Crippen LogP contribution in [0.2, 0.25) is 5.15 Å². The van der Waals surface area contributed by atoms with Gasteiger partial charge in [0.05, 0.1) is 18.1 Å². The van der Waals surface area contributed by atoms with E-state index in [1.54, 1.807) is 28.8 Å². The number of halogens is 1. The molecule has 120 valence electrons.